The first-order chi connectivity index (χ1) is 8.69. The second-order valence-corrected chi connectivity index (χ2v) is 6.50. The van der Waals surface area contributed by atoms with E-state index in [0.717, 1.165) is 36.8 Å². The average Bonchev–Trinajstić information content (AvgIpc) is 2.26. The van der Waals surface area contributed by atoms with Crippen LogP contribution in [0.2, 0.25) is 0 Å². The molecule has 0 aromatic heterocycles. The van der Waals surface area contributed by atoms with Crippen molar-refractivity contribution >= 4 is 6.09 Å². The molecule has 0 atom stereocenters. The Labute approximate surface area is 117 Å². The number of rotatable bonds is 3. The maximum Gasteiger partial charge on any atom is 0.407 e. The Kier molecular flexibility index (Phi) is 5.21. The van der Waals surface area contributed by atoms with E-state index in [0.29, 0.717) is 5.92 Å². The van der Waals surface area contributed by atoms with Crippen LogP contribution < -0.4 is 5.32 Å². The van der Waals surface area contributed by atoms with Crippen molar-refractivity contribution in [2.75, 3.05) is 0 Å². The Bertz CT molecular complexity index is 357. The Hall–Kier alpha value is -1.25. The lowest BCUT2D eigenvalue weighted by atomic mass is 9.80. The number of carbonyl (C=O) groups excluding carboxylic acids is 1. The number of amides is 1. The van der Waals surface area contributed by atoms with Gasteiger partial charge in [-0.25, -0.2) is 4.79 Å². The molecule has 19 heavy (non-hydrogen) atoms. The molecule has 0 aromatic carbocycles. The quantitative estimate of drug-likeness (QED) is 0.777. The predicted octanol–water partition coefficient (Wildman–Crippen LogP) is 4.20. The molecule has 0 aliphatic heterocycles. The lowest BCUT2D eigenvalue weighted by Gasteiger charge is -2.31. The Morgan fingerprint density at radius 1 is 1.16 bits per heavy atom. The van der Waals surface area contributed by atoms with Crippen molar-refractivity contribution in [3.05, 3.63) is 24.3 Å². The van der Waals surface area contributed by atoms with E-state index >= 15 is 0 Å². The minimum Gasteiger partial charge on any atom is -0.444 e. The molecule has 1 fully saturated rings. The summed E-state index contributed by atoms with van der Waals surface area (Å²) in [7, 11) is 0. The molecule has 0 aromatic rings. The van der Waals surface area contributed by atoms with Crippen LogP contribution in [0.1, 0.15) is 53.4 Å². The fourth-order valence-corrected chi connectivity index (χ4v) is 2.41. The van der Waals surface area contributed by atoms with Gasteiger partial charge in [-0.1, -0.05) is 18.7 Å². The average molecular weight is 265 g/mol. The molecule has 1 aliphatic carbocycles. The molecule has 1 N–H and O–H groups in total. The van der Waals surface area contributed by atoms with Crippen LogP contribution in [0.5, 0.6) is 0 Å². The van der Waals surface area contributed by atoms with Gasteiger partial charge in [0.15, 0.2) is 0 Å². The Morgan fingerprint density at radius 3 is 2.11 bits per heavy atom. The number of allylic oxidation sites excluding steroid dienone is 2. The van der Waals surface area contributed by atoms with Gasteiger partial charge < -0.3 is 10.1 Å². The minimum absolute atomic E-state index is 0.226. The lowest BCUT2D eigenvalue weighted by Crippen LogP contribution is -2.41. The SMILES string of the molecule is C=C(C)C(=C)C1CCC(NC(=O)OC(C)(C)C)CC1. The molecule has 1 saturated carbocycles. The fraction of sp³-hybridized carbons (Fsp3) is 0.688. The first kappa shape index (κ1) is 15.8. The first-order valence-electron chi connectivity index (χ1n) is 7.03. The number of ether oxygens (including phenoxy) is 1. The number of hydrogen-bond acceptors (Lipinski definition) is 2. The van der Waals surface area contributed by atoms with Gasteiger partial charge in [0.25, 0.3) is 0 Å². The van der Waals surface area contributed by atoms with Gasteiger partial charge in [0, 0.05) is 6.04 Å². The van der Waals surface area contributed by atoms with Crippen LogP contribution in [-0.4, -0.2) is 17.7 Å². The summed E-state index contributed by atoms with van der Waals surface area (Å²) in [6.07, 6.45) is 3.78. The summed E-state index contributed by atoms with van der Waals surface area (Å²) in [5.41, 5.74) is 1.80. The predicted molar refractivity (Wildman–Crippen MR) is 79.1 cm³/mol. The van der Waals surface area contributed by atoms with Crippen molar-refractivity contribution in [3.8, 4) is 0 Å². The van der Waals surface area contributed by atoms with Crippen LogP contribution in [0.4, 0.5) is 4.79 Å². The number of carbonyl (C=O) groups is 1. The van der Waals surface area contributed by atoms with Gasteiger partial charge in [0.1, 0.15) is 5.60 Å². The zero-order valence-electron chi connectivity index (χ0n) is 12.7. The minimum atomic E-state index is -0.435. The largest absolute Gasteiger partial charge is 0.444 e. The smallest absolute Gasteiger partial charge is 0.407 e. The van der Waals surface area contributed by atoms with Gasteiger partial charge >= 0.3 is 6.09 Å². The molecule has 1 rings (SSSR count). The highest BCUT2D eigenvalue weighted by Crippen LogP contribution is 2.32. The third-order valence-corrected chi connectivity index (χ3v) is 3.49. The molecule has 0 spiro atoms. The van der Waals surface area contributed by atoms with Crippen molar-refractivity contribution in [1.82, 2.24) is 5.32 Å². The van der Waals surface area contributed by atoms with Gasteiger partial charge in [-0.3, -0.25) is 0 Å². The second-order valence-electron chi connectivity index (χ2n) is 6.50. The van der Waals surface area contributed by atoms with Crippen LogP contribution in [0.25, 0.3) is 0 Å². The van der Waals surface area contributed by atoms with E-state index < -0.39 is 5.60 Å². The Morgan fingerprint density at radius 2 is 1.68 bits per heavy atom. The molecular formula is C16H27NO2. The van der Waals surface area contributed by atoms with Crippen LogP contribution in [0.3, 0.4) is 0 Å². The highest BCUT2D eigenvalue weighted by Gasteiger charge is 2.25. The normalized spacial score (nSPS) is 23.6. The summed E-state index contributed by atoms with van der Waals surface area (Å²) in [5.74, 6) is 0.522. The fourth-order valence-electron chi connectivity index (χ4n) is 2.41. The maximum absolute atomic E-state index is 11.7. The number of alkyl carbamates (subject to hydrolysis) is 1. The van der Waals surface area contributed by atoms with E-state index in [1.54, 1.807) is 0 Å². The van der Waals surface area contributed by atoms with Crippen LogP contribution in [0, 0.1) is 5.92 Å². The summed E-state index contributed by atoms with van der Waals surface area (Å²) in [4.78, 5) is 11.7. The van der Waals surface area contributed by atoms with Crippen LogP contribution >= 0.6 is 0 Å². The molecule has 0 radical (unpaired) electrons. The molecule has 3 heteroatoms. The number of hydrogen-bond donors (Lipinski definition) is 1. The molecule has 0 heterocycles. The Balaban J connectivity index is 2.36. The van der Waals surface area contributed by atoms with E-state index in [4.69, 9.17) is 4.74 Å². The van der Waals surface area contributed by atoms with Crippen molar-refractivity contribution in [2.24, 2.45) is 5.92 Å². The lowest BCUT2D eigenvalue weighted by molar-refractivity contribution is 0.0489. The molecule has 1 amide bonds. The van der Waals surface area contributed by atoms with E-state index in [1.165, 1.54) is 0 Å². The van der Waals surface area contributed by atoms with Crippen LogP contribution in [0.15, 0.2) is 24.3 Å². The van der Waals surface area contributed by atoms with Crippen molar-refractivity contribution in [2.45, 2.75) is 65.0 Å². The molecule has 0 saturated heterocycles. The van der Waals surface area contributed by atoms with E-state index in [9.17, 15) is 4.79 Å². The highest BCUT2D eigenvalue weighted by molar-refractivity contribution is 5.68. The topological polar surface area (TPSA) is 38.3 Å². The summed E-state index contributed by atoms with van der Waals surface area (Å²) in [5, 5.41) is 2.95. The summed E-state index contributed by atoms with van der Waals surface area (Å²) < 4.78 is 5.27. The molecule has 0 unspecified atom stereocenters. The molecule has 3 nitrogen and oxygen atoms in total. The zero-order chi connectivity index (χ0) is 14.6. The standard InChI is InChI=1S/C16H27NO2/c1-11(2)12(3)13-7-9-14(10-8-13)17-15(18)19-16(4,5)6/h13-14H,1,3,7-10H2,2,4-6H3,(H,17,18). The van der Waals surface area contributed by atoms with Gasteiger partial charge in [-0.15, -0.1) is 0 Å². The molecule has 0 bridgehead atoms. The third kappa shape index (κ3) is 5.50. The van der Waals surface area contributed by atoms with Crippen molar-refractivity contribution in [1.29, 1.82) is 0 Å². The van der Waals surface area contributed by atoms with Crippen LogP contribution in [-0.2, 0) is 4.74 Å². The summed E-state index contributed by atoms with van der Waals surface area (Å²) >= 11 is 0. The van der Waals surface area contributed by atoms with E-state index in [1.807, 2.05) is 27.7 Å². The molecule has 108 valence electrons. The molecule has 1 aliphatic rings. The third-order valence-electron chi connectivity index (χ3n) is 3.49. The summed E-state index contributed by atoms with van der Waals surface area (Å²) in [6.45, 7) is 15.7. The number of nitrogens with one attached hydrogen (secondary N) is 1. The van der Waals surface area contributed by atoms with Gasteiger partial charge in [0.05, 0.1) is 0 Å². The first-order valence-corrected chi connectivity index (χ1v) is 7.03. The second kappa shape index (κ2) is 6.27. The van der Waals surface area contributed by atoms with E-state index in [2.05, 4.69) is 18.5 Å². The maximum atomic E-state index is 11.7. The highest BCUT2D eigenvalue weighted by atomic mass is 16.6. The van der Waals surface area contributed by atoms with Gasteiger partial charge in [-0.2, -0.15) is 0 Å². The monoisotopic (exact) mass is 265 g/mol. The van der Waals surface area contributed by atoms with Crippen molar-refractivity contribution in [3.63, 3.8) is 0 Å². The van der Waals surface area contributed by atoms with Gasteiger partial charge in [-0.05, 0) is 64.9 Å². The van der Waals surface area contributed by atoms with Crippen molar-refractivity contribution < 1.29 is 9.53 Å². The van der Waals surface area contributed by atoms with E-state index in [-0.39, 0.29) is 12.1 Å². The van der Waals surface area contributed by atoms with Gasteiger partial charge in [0.2, 0.25) is 0 Å². The summed E-state index contributed by atoms with van der Waals surface area (Å²) in [6, 6.07) is 0.226. The molecular weight excluding hydrogens is 238 g/mol. The zero-order valence-corrected chi connectivity index (χ0v) is 12.7.